The van der Waals surface area contributed by atoms with Gasteiger partial charge in [0.1, 0.15) is 22.9 Å². The molecular weight excluding hydrogens is 404 g/mol. The van der Waals surface area contributed by atoms with Gasteiger partial charge in [0.25, 0.3) is 0 Å². The lowest BCUT2D eigenvalue weighted by Crippen LogP contribution is -2.15. The Morgan fingerprint density at radius 2 is 2.00 bits per heavy atom. The number of carbonyl (C=O) groups excluding carboxylic acids is 1. The molecule has 162 valence electrons. The molecule has 0 aliphatic heterocycles. The Kier molecular flexibility index (Phi) is 8.79. The highest BCUT2D eigenvalue weighted by Gasteiger charge is 2.21. The normalized spacial score (nSPS) is 10.7. The van der Waals surface area contributed by atoms with E-state index in [0.717, 1.165) is 5.56 Å². The van der Waals surface area contributed by atoms with E-state index in [0.29, 0.717) is 40.3 Å². The van der Waals surface area contributed by atoms with Crippen LogP contribution in [0.4, 0.5) is 5.82 Å². The van der Waals surface area contributed by atoms with Crippen molar-refractivity contribution in [3.8, 4) is 11.5 Å². The summed E-state index contributed by atoms with van der Waals surface area (Å²) >= 11 is 1.40. The number of anilines is 1. The van der Waals surface area contributed by atoms with Gasteiger partial charge in [-0.15, -0.1) is 0 Å². The first-order chi connectivity index (χ1) is 14.4. The first-order valence-electron chi connectivity index (χ1n) is 9.36. The number of aromatic nitrogens is 2. The van der Waals surface area contributed by atoms with E-state index in [-0.39, 0.29) is 6.61 Å². The molecule has 1 aromatic carbocycles. The van der Waals surface area contributed by atoms with Crippen LogP contribution in [0.1, 0.15) is 28.5 Å². The van der Waals surface area contributed by atoms with Gasteiger partial charge in [-0.3, -0.25) is 0 Å². The van der Waals surface area contributed by atoms with Crippen molar-refractivity contribution in [2.24, 2.45) is 0 Å². The number of carbonyl (C=O) groups is 1. The van der Waals surface area contributed by atoms with Crippen molar-refractivity contribution in [2.75, 3.05) is 46.5 Å². The van der Waals surface area contributed by atoms with Crippen molar-refractivity contribution >= 4 is 29.6 Å². The molecule has 30 heavy (non-hydrogen) atoms. The lowest BCUT2D eigenvalue weighted by molar-refractivity contribution is 0.0526. The van der Waals surface area contributed by atoms with E-state index < -0.39 is 5.97 Å². The third-order valence-corrected chi connectivity index (χ3v) is 4.60. The van der Waals surface area contributed by atoms with Crippen LogP contribution in [0.5, 0.6) is 11.5 Å². The summed E-state index contributed by atoms with van der Waals surface area (Å²) in [6, 6.07) is 5.56. The minimum atomic E-state index is -0.479. The van der Waals surface area contributed by atoms with Crippen LogP contribution in [0.15, 0.2) is 29.6 Å². The lowest BCUT2D eigenvalue weighted by Gasteiger charge is -2.16. The van der Waals surface area contributed by atoms with Crippen LogP contribution < -0.4 is 14.8 Å². The molecule has 0 bridgehead atoms. The molecular formula is C21H28N4O4S. The molecule has 0 fully saturated rings. The molecule has 0 amide bonds. The predicted molar refractivity (Wildman–Crippen MR) is 119 cm³/mol. The molecule has 0 saturated heterocycles. The fourth-order valence-electron chi connectivity index (χ4n) is 2.60. The van der Waals surface area contributed by atoms with Crippen molar-refractivity contribution in [1.82, 2.24) is 14.9 Å². The molecule has 8 nitrogen and oxygen atoms in total. The Morgan fingerprint density at radius 1 is 1.23 bits per heavy atom. The van der Waals surface area contributed by atoms with Crippen molar-refractivity contribution in [3.05, 3.63) is 41.2 Å². The van der Waals surface area contributed by atoms with Crippen LogP contribution >= 0.6 is 11.8 Å². The summed E-state index contributed by atoms with van der Waals surface area (Å²) in [7, 11) is 6.99. The number of thioether (sulfide) groups is 1. The number of esters is 1. The summed E-state index contributed by atoms with van der Waals surface area (Å²) in [5.41, 5.74) is 1.67. The van der Waals surface area contributed by atoms with Crippen molar-refractivity contribution < 1.29 is 19.0 Å². The summed E-state index contributed by atoms with van der Waals surface area (Å²) < 4.78 is 16.0. The zero-order valence-electron chi connectivity index (χ0n) is 18.2. The Morgan fingerprint density at radius 3 is 2.60 bits per heavy atom. The third-order valence-electron chi connectivity index (χ3n) is 4.05. The molecule has 0 radical (unpaired) electrons. The van der Waals surface area contributed by atoms with Gasteiger partial charge in [-0.25, -0.2) is 14.8 Å². The zero-order valence-corrected chi connectivity index (χ0v) is 19.0. The molecule has 0 spiro atoms. The fraction of sp³-hybridized carbons (Fsp3) is 0.381. The monoisotopic (exact) mass is 432 g/mol. The average Bonchev–Trinajstić information content (AvgIpc) is 2.75. The van der Waals surface area contributed by atoms with E-state index in [9.17, 15) is 4.79 Å². The summed E-state index contributed by atoms with van der Waals surface area (Å²) in [5.74, 6) is 1.30. The van der Waals surface area contributed by atoms with Gasteiger partial charge in [-0.05, 0) is 31.4 Å². The van der Waals surface area contributed by atoms with Crippen molar-refractivity contribution in [2.45, 2.75) is 18.6 Å². The molecule has 9 heteroatoms. The maximum absolute atomic E-state index is 12.7. The number of rotatable bonds is 10. The topological polar surface area (TPSA) is 85.8 Å². The highest BCUT2D eigenvalue weighted by atomic mass is 32.2. The molecule has 1 aromatic heterocycles. The summed E-state index contributed by atoms with van der Waals surface area (Å²) in [5, 5.41) is 3.80. The molecule has 1 heterocycles. The highest BCUT2D eigenvalue weighted by Crippen LogP contribution is 2.27. The largest absolute Gasteiger partial charge is 0.497 e. The number of nitrogens with zero attached hydrogens (tertiary/aromatic N) is 3. The van der Waals surface area contributed by atoms with Gasteiger partial charge in [0.05, 0.1) is 26.5 Å². The maximum atomic E-state index is 12.7. The van der Waals surface area contributed by atoms with Crippen LogP contribution in [0.3, 0.4) is 0 Å². The van der Waals surface area contributed by atoms with Gasteiger partial charge in [0.15, 0.2) is 5.16 Å². The van der Waals surface area contributed by atoms with Gasteiger partial charge in [-0.1, -0.05) is 11.8 Å². The first-order valence-corrected chi connectivity index (χ1v) is 10.6. The number of benzene rings is 1. The number of hydrogen-bond donors (Lipinski definition) is 1. The number of nitrogens with one attached hydrogen (secondary N) is 1. The lowest BCUT2D eigenvalue weighted by atomic mass is 10.1. The first kappa shape index (κ1) is 23.3. The van der Waals surface area contributed by atoms with Gasteiger partial charge in [0, 0.05) is 38.5 Å². The quantitative estimate of drug-likeness (QED) is 0.344. The molecule has 0 unspecified atom stereocenters. The molecule has 2 aromatic rings. The zero-order chi connectivity index (χ0) is 22.1. The maximum Gasteiger partial charge on any atom is 0.344 e. The van der Waals surface area contributed by atoms with E-state index in [4.69, 9.17) is 14.2 Å². The molecule has 0 saturated carbocycles. The highest BCUT2D eigenvalue weighted by molar-refractivity contribution is 7.98. The molecule has 2 rings (SSSR count). The SMILES string of the molecule is CCOC(=O)c1c(/C=C/N(C)C)nc(SC)nc1NCc1ccc(OC)cc1OC. The predicted octanol–water partition coefficient (Wildman–Crippen LogP) is 3.54. The van der Waals surface area contributed by atoms with Crippen LogP contribution in [0, 0.1) is 0 Å². The van der Waals surface area contributed by atoms with Gasteiger partial charge in [-0.2, -0.15) is 0 Å². The molecule has 0 aliphatic rings. The van der Waals surface area contributed by atoms with Gasteiger partial charge >= 0.3 is 5.97 Å². The summed E-state index contributed by atoms with van der Waals surface area (Å²) in [6.45, 7) is 2.41. The number of methoxy groups -OCH3 is 2. The Bertz CT molecular complexity index is 903. The van der Waals surface area contributed by atoms with E-state index in [2.05, 4.69) is 15.3 Å². The summed E-state index contributed by atoms with van der Waals surface area (Å²) in [4.78, 5) is 23.6. The molecule has 1 N–H and O–H groups in total. The van der Waals surface area contributed by atoms with Gasteiger partial charge < -0.3 is 24.4 Å². The minimum Gasteiger partial charge on any atom is -0.497 e. The molecule has 0 aliphatic carbocycles. The van der Waals surface area contributed by atoms with E-state index >= 15 is 0 Å². The van der Waals surface area contributed by atoms with E-state index in [1.165, 1.54) is 11.8 Å². The van der Waals surface area contributed by atoms with E-state index in [1.54, 1.807) is 27.2 Å². The average molecular weight is 433 g/mol. The van der Waals surface area contributed by atoms with Crippen LogP contribution in [0.25, 0.3) is 6.08 Å². The number of hydrogen-bond acceptors (Lipinski definition) is 9. The minimum absolute atomic E-state index is 0.256. The van der Waals surface area contributed by atoms with Crippen LogP contribution in [0.2, 0.25) is 0 Å². The Hall–Kier alpha value is -2.94. The second-order valence-corrected chi connectivity index (χ2v) is 7.12. The smallest absolute Gasteiger partial charge is 0.344 e. The van der Waals surface area contributed by atoms with Crippen LogP contribution in [-0.2, 0) is 11.3 Å². The van der Waals surface area contributed by atoms with Crippen molar-refractivity contribution in [1.29, 1.82) is 0 Å². The number of ether oxygens (including phenoxy) is 3. The van der Waals surface area contributed by atoms with Crippen LogP contribution in [-0.4, -0.2) is 62.0 Å². The second-order valence-electron chi connectivity index (χ2n) is 6.35. The Labute approximate surface area is 181 Å². The fourth-order valence-corrected chi connectivity index (χ4v) is 2.97. The summed E-state index contributed by atoms with van der Waals surface area (Å²) in [6.07, 6.45) is 5.48. The molecule has 0 atom stereocenters. The Balaban J connectivity index is 2.46. The van der Waals surface area contributed by atoms with Crippen molar-refractivity contribution in [3.63, 3.8) is 0 Å². The third kappa shape index (κ3) is 6.03. The standard InChI is InChI=1S/C21H28N4O4S/c1-7-29-20(26)18-16(10-11-25(2)3)23-21(30-6)24-19(18)22-13-14-8-9-15(27-4)12-17(14)28-5/h8-12H,7,13H2,1-6H3,(H,22,23,24)/b11-10+. The van der Waals surface area contributed by atoms with Gasteiger partial charge in [0.2, 0.25) is 0 Å². The van der Waals surface area contributed by atoms with E-state index in [1.807, 2.05) is 49.7 Å². The second kappa shape index (κ2) is 11.3.